The highest BCUT2D eigenvalue weighted by molar-refractivity contribution is 9.10. The number of hydrogen-bond donors (Lipinski definition) is 1. The molecule has 2 aromatic rings. The van der Waals surface area contributed by atoms with Crippen molar-refractivity contribution in [3.05, 3.63) is 50.3 Å². The fraction of sp³-hybridized carbons (Fsp3) is 0.278. The lowest BCUT2D eigenvalue weighted by molar-refractivity contribution is -0.145. The largest absolute Gasteiger partial charge is 0.469 e. The fourth-order valence-electron chi connectivity index (χ4n) is 3.38. The second-order valence-corrected chi connectivity index (χ2v) is 7.99. The Morgan fingerprint density at radius 2 is 2.16 bits per heavy atom. The quantitative estimate of drug-likeness (QED) is 0.761. The predicted octanol–water partition coefficient (Wildman–Crippen LogP) is 3.19. The number of nitrogens with one attached hydrogen (secondary N) is 1. The topological polar surface area (TPSA) is 67.8 Å². The van der Waals surface area contributed by atoms with E-state index in [4.69, 9.17) is 4.74 Å². The first-order valence-corrected chi connectivity index (χ1v) is 9.51. The summed E-state index contributed by atoms with van der Waals surface area (Å²) in [5.74, 6) is -0.460. The Morgan fingerprint density at radius 1 is 1.36 bits per heavy atom. The van der Waals surface area contributed by atoms with E-state index < -0.39 is 0 Å². The van der Waals surface area contributed by atoms with Crippen LogP contribution in [-0.4, -0.2) is 31.2 Å². The molecule has 2 heterocycles. The van der Waals surface area contributed by atoms with Gasteiger partial charge < -0.3 is 10.1 Å². The first-order valence-electron chi connectivity index (χ1n) is 7.90. The molecule has 5 nitrogen and oxygen atoms in total. The lowest BCUT2D eigenvalue weighted by Gasteiger charge is -2.11. The second-order valence-electron chi connectivity index (χ2n) is 6.03. The van der Waals surface area contributed by atoms with E-state index >= 15 is 0 Å². The second kappa shape index (κ2) is 6.38. The van der Waals surface area contributed by atoms with Crippen molar-refractivity contribution in [1.82, 2.24) is 0 Å². The summed E-state index contributed by atoms with van der Waals surface area (Å²) in [6, 6.07) is 7.84. The number of hydrogen-bond acceptors (Lipinski definition) is 5. The number of methoxy groups -OCH3 is 1. The van der Waals surface area contributed by atoms with Gasteiger partial charge >= 0.3 is 5.97 Å². The maximum absolute atomic E-state index is 12.1. The van der Waals surface area contributed by atoms with Crippen molar-refractivity contribution in [2.75, 3.05) is 19.0 Å². The molecule has 7 heteroatoms. The molecule has 2 aliphatic rings. The van der Waals surface area contributed by atoms with Crippen LogP contribution in [0.3, 0.4) is 0 Å². The monoisotopic (exact) mass is 418 g/mol. The number of anilines is 1. The molecule has 0 fully saturated rings. The summed E-state index contributed by atoms with van der Waals surface area (Å²) in [4.78, 5) is 29.7. The highest BCUT2D eigenvalue weighted by atomic mass is 79.9. The SMILES string of the molecule is COC(=O)C1Cc2sc3c(c2C1)C(c1ccccc1Br)=NCC(=O)N3. The predicted molar refractivity (Wildman–Crippen MR) is 101 cm³/mol. The van der Waals surface area contributed by atoms with Crippen LogP contribution in [0, 0.1) is 5.92 Å². The number of carbonyl (C=O) groups excluding carboxylic acids is 2. The van der Waals surface area contributed by atoms with Gasteiger partial charge in [-0.05, 0) is 24.5 Å². The van der Waals surface area contributed by atoms with Gasteiger partial charge in [0.1, 0.15) is 11.5 Å². The van der Waals surface area contributed by atoms with E-state index in [0.29, 0.717) is 12.8 Å². The number of benzene rings is 1. The van der Waals surface area contributed by atoms with Crippen LogP contribution in [0.1, 0.15) is 21.6 Å². The Labute approximate surface area is 157 Å². The Morgan fingerprint density at radius 3 is 2.92 bits per heavy atom. The average molecular weight is 419 g/mol. The van der Waals surface area contributed by atoms with E-state index in [1.807, 2.05) is 24.3 Å². The molecule has 1 amide bonds. The van der Waals surface area contributed by atoms with Gasteiger partial charge in [0.05, 0.1) is 18.7 Å². The van der Waals surface area contributed by atoms with Crippen LogP contribution >= 0.6 is 27.3 Å². The lowest BCUT2D eigenvalue weighted by Crippen LogP contribution is -2.17. The Kier molecular flexibility index (Phi) is 4.21. The van der Waals surface area contributed by atoms with Crippen molar-refractivity contribution in [3.8, 4) is 0 Å². The van der Waals surface area contributed by atoms with E-state index in [9.17, 15) is 9.59 Å². The normalized spacial score (nSPS) is 18.7. The highest BCUT2D eigenvalue weighted by Gasteiger charge is 2.36. The van der Waals surface area contributed by atoms with E-state index in [1.165, 1.54) is 7.11 Å². The molecule has 1 aromatic carbocycles. The molecule has 1 aliphatic carbocycles. The molecule has 0 radical (unpaired) electrons. The fourth-order valence-corrected chi connectivity index (χ4v) is 5.18. The molecule has 128 valence electrons. The van der Waals surface area contributed by atoms with Crippen LogP contribution in [0.2, 0.25) is 0 Å². The first kappa shape index (κ1) is 16.5. The first-order chi connectivity index (χ1) is 12.1. The maximum atomic E-state index is 12.1. The smallest absolute Gasteiger partial charge is 0.309 e. The summed E-state index contributed by atoms with van der Waals surface area (Å²) < 4.78 is 5.84. The number of carbonyl (C=O) groups is 2. The zero-order valence-electron chi connectivity index (χ0n) is 13.5. The molecular formula is C18H15BrN2O3S. The van der Waals surface area contributed by atoms with Crippen molar-refractivity contribution in [2.24, 2.45) is 10.9 Å². The van der Waals surface area contributed by atoms with Crippen LogP contribution < -0.4 is 5.32 Å². The molecule has 0 bridgehead atoms. The van der Waals surface area contributed by atoms with Gasteiger partial charge in [0, 0.05) is 20.5 Å². The number of ether oxygens (including phenoxy) is 1. The third kappa shape index (κ3) is 2.81. The minimum Gasteiger partial charge on any atom is -0.469 e. The number of thiophene rings is 1. The third-order valence-electron chi connectivity index (χ3n) is 4.51. The van der Waals surface area contributed by atoms with Gasteiger partial charge in [-0.1, -0.05) is 34.1 Å². The molecule has 25 heavy (non-hydrogen) atoms. The van der Waals surface area contributed by atoms with E-state index in [0.717, 1.165) is 36.8 Å². The van der Waals surface area contributed by atoms with Crippen LogP contribution in [0.25, 0.3) is 0 Å². The van der Waals surface area contributed by atoms with Gasteiger partial charge in [-0.3, -0.25) is 14.6 Å². The van der Waals surface area contributed by atoms with Crippen molar-refractivity contribution in [3.63, 3.8) is 0 Å². The molecule has 0 spiro atoms. The Balaban J connectivity index is 1.85. The third-order valence-corrected chi connectivity index (χ3v) is 6.37. The molecule has 0 saturated carbocycles. The van der Waals surface area contributed by atoms with Crippen LogP contribution in [0.15, 0.2) is 33.7 Å². The Hall–Kier alpha value is -1.99. The summed E-state index contributed by atoms with van der Waals surface area (Å²) in [5.41, 5.74) is 3.79. The van der Waals surface area contributed by atoms with Crippen molar-refractivity contribution in [2.45, 2.75) is 12.8 Å². The zero-order chi connectivity index (χ0) is 17.6. The molecule has 1 aromatic heterocycles. The van der Waals surface area contributed by atoms with Gasteiger partial charge in [0.2, 0.25) is 5.91 Å². The van der Waals surface area contributed by atoms with Crippen LogP contribution in [0.4, 0.5) is 5.00 Å². The van der Waals surface area contributed by atoms with Gasteiger partial charge in [-0.15, -0.1) is 11.3 Å². The van der Waals surface area contributed by atoms with Crippen LogP contribution in [-0.2, 0) is 27.2 Å². The van der Waals surface area contributed by atoms with Crippen molar-refractivity contribution >= 4 is 49.9 Å². The minimum absolute atomic E-state index is 0.0905. The average Bonchev–Trinajstić information content (AvgIpc) is 3.09. The lowest BCUT2D eigenvalue weighted by atomic mass is 9.98. The minimum atomic E-state index is -0.186. The van der Waals surface area contributed by atoms with Gasteiger partial charge in [-0.2, -0.15) is 0 Å². The Bertz CT molecular complexity index is 919. The summed E-state index contributed by atoms with van der Waals surface area (Å²) >= 11 is 5.12. The zero-order valence-corrected chi connectivity index (χ0v) is 15.9. The molecule has 1 unspecified atom stereocenters. The number of amides is 1. The summed E-state index contributed by atoms with van der Waals surface area (Å²) in [6.45, 7) is 0.0905. The number of nitrogens with zero attached hydrogens (tertiary/aromatic N) is 1. The van der Waals surface area contributed by atoms with Gasteiger partial charge in [0.15, 0.2) is 0 Å². The van der Waals surface area contributed by atoms with Crippen molar-refractivity contribution in [1.29, 1.82) is 0 Å². The standard InChI is InChI=1S/C18H15BrN2O3S/c1-24-18(23)9-6-11-13(7-9)25-17-15(11)16(20-8-14(22)21-17)10-4-2-3-5-12(10)19/h2-5,9H,6-8H2,1H3,(H,21,22). The highest BCUT2D eigenvalue weighted by Crippen LogP contribution is 2.43. The number of aliphatic imine (C=N–C) groups is 1. The molecular weight excluding hydrogens is 404 g/mol. The van der Waals surface area contributed by atoms with Crippen molar-refractivity contribution < 1.29 is 14.3 Å². The van der Waals surface area contributed by atoms with Crippen LogP contribution in [0.5, 0.6) is 0 Å². The maximum Gasteiger partial charge on any atom is 0.309 e. The van der Waals surface area contributed by atoms with E-state index in [1.54, 1.807) is 11.3 Å². The molecule has 1 atom stereocenters. The molecule has 4 rings (SSSR count). The van der Waals surface area contributed by atoms with Gasteiger partial charge in [-0.25, -0.2) is 0 Å². The number of fused-ring (bicyclic) bond motifs is 3. The molecule has 0 saturated heterocycles. The summed E-state index contributed by atoms with van der Waals surface area (Å²) in [6.07, 6.45) is 1.27. The number of esters is 1. The van der Waals surface area contributed by atoms with E-state index in [2.05, 4.69) is 26.2 Å². The van der Waals surface area contributed by atoms with E-state index in [-0.39, 0.29) is 24.3 Å². The molecule has 1 aliphatic heterocycles. The molecule has 1 N–H and O–H groups in total. The number of rotatable bonds is 2. The summed E-state index contributed by atoms with van der Waals surface area (Å²) in [5, 5.41) is 3.79. The van der Waals surface area contributed by atoms with Gasteiger partial charge in [0.25, 0.3) is 0 Å². The summed E-state index contributed by atoms with van der Waals surface area (Å²) in [7, 11) is 1.42. The number of halogens is 1.